The van der Waals surface area contributed by atoms with Crippen LogP contribution in [0.5, 0.6) is 0 Å². The van der Waals surface area contributed by atoms with Gasteiger partial charge in [-0.25, -0.2) is 31.7 Å². The van der Waals surface area contributed by atoms with Crippen molar-refractivity contribution in [1.29, 1.82) is 0 Å². The molecule has 30 heavy (non-hydrogen) atoms. The number of sulfonamides is 1. The van der Waals surface area contributed by atoms with E-state index < -0.39 is 16.4 Å². The number of anilines is 1. The first kappa shape index (κ1) is 20.6. The summed E-state index contributed by atoms with van der Waals surface area (Å²) in [4.78, 5) is 18.0. The van der Waals surface area contributed by atoms with Crippen LogP contribution in [0.4, 0.5) is 14.6 Å². The van der Waals surface area contributed by atoms with Crippen LogP contribution in [0.2, 0.25) is 0 Å². The second kappa shape index (κ2) is 8.20. The Bertz CT molecular complexity index is 1150. The molecular formula is C18H20F2N6O3S. The van der Waals surface area contributed by atoms with Crippen molar-refractivity contribution in [2.75, 3.05) is 24.2 Å². The zero-order chi connectivity index (χ0) is 21.3. The molecule has 9 nitrogen and oxygen atoms in total. The smallest absolute Gasteiger partial charge is 0.282 e. The molecule has 4 heterocycles. The summed E-state index contributed by atoms with van der Waals surface area (Å²) < 4.78 is 50.0. The topological polar surface area (TPSA) is 102 Å². The van der Waals surface area contributed by atoms with Crippen molar-refractivity contribution in [3.63, 3.8) is 0 Å². The van der Waals surface area contributed by atoms with E-state index in [9.17, 15) is 17.2 Å². The van der Waals surface area contributed by atoms with Gasteiger partial charge in [0.25, 0.3) is 6.43 Å². The zero-order valence-corrected chi connectivity index (χ0v) is 16.9. The van der Waals surface area contributed by atoms with Crippen molar-refractivity contribution < 1.29 is 22.0 Å². The number of hydrogen-bond donors (Lipinski definition) is 1. The molecule has 3 aromatic heterocycles. The lowest BCUT2D eigenvalue weighted by Gasteiger charge is -2.33. The van der Waals surface area contributed by atoms with E-state index in [-0.39, 0.29) is 11.8 Å². The maximum Gasteiger partial charge on any atom is 0.282 e. The Hall–Kier alpha value is -2.70. The molecule has 160 valence electrons. The van der Waals surface area contributed by atoms with E-state index >= 15 is 0 Å². The fourth-order valence-electron chi connectivity index (χ4n) is 3.35. The second-order valence-electron chi connectivity index (χ2n) is 7.06. The van der Waals surface area contributed by atoms with Crippen molar-refractivity contribution in [3.8, 4) is 11.3 Å². The summed E-state index contributed by atoms with van der Waals surface area (Å²) in [5, 5.41) is 4.00. The number of fused-ring (bicyclic) bond motifs is 1. The van der Waals surface area contributed by atoms with Gasteiger partial charge in [0.05, 0.1) is 24.3 Å². The van der Waals surface area contributed by atoms with Crippen LogP contribution in [0.15, 0.2) is 36.7 Å². The van der Waals surface area contributed by atoms with Crippen molar-refractivity contribution in [1.82, 2.24) is 24.5 Å². The number of nitrogens with zero attached hydrogens (tertiary/aromatic N) is 5. The maximum atomic E-state index is 13.0. The lowest BCUT2D eigenvalue weighted by atomic mass is 10.1. The van der Waals surface area contributed by atoms with Gasteiger partial charge in [-0.3, -0.25) is 4.84 Å². The van der Waals surface area contributed by atoms with Crippen molar-refractivity contribution in [2.45, 2.75) is 25.4 Å². The minimum Gasteiger partial charge on any atom is -0.354 e. The number of rotatable bonds is 6. The molecule has 0 saturated carbocycles. The van der Waals surface area contributed by atoms with E-state index in [0.29, 0.717) is 30.1 Å². The number of halogens is 2. The van der Waals surface area contributed by atoms with Crippen LogP contribution in [0.3, 0.4) is 0 Å². The van der Waals surface area contributed by atoms with Crippen LogP contribution in [-0.2, 0) is 14.9 Å². The molecule has 1 unspecified atom stereocenters. The Labute approximate surface area is 171 Å². The molecule has 0 aliphatic carbocycles. The van der Waals surface area contributed by atoms with Crippen molar-refractivity contribution in [3.05, 3.63) is 42.4 Å². The third-order valence-electron chi connectivity index (χ3n) is 4.72. The van der Waals surface area contributed by atoms with E-state index in [1.54, 1.807) is 18.5 Å². The van der Waals surface area contributed by atoms with Gasteiger partial charge in [0, 0.05) is 24.8 Å². The molecule has 0 aromatic carbocycles. The van der Waals surface area contributed by atoms with E-state index in [1.165, 1.54) is 16.6 Å². The molecule has 1 aliphatic rings. The van der Waals surface area contributed by atoms with Gasteiger partial charge in [0.1, 0.15) is 11.5 Å². The summed E-state index contributed by atoms with van der Waals surface area (Å²) in [6.07, 6.45) is 2.76. The quantitative estimate of drug-likeness (QED) is 0.589. The summed E-state index contributed by atoms with van der Waals surface area (Å²) in [7, 11) is -3.45. The predicted molar refractivity (Wildman–Crippen MR) is 105 cm³/mol. The van der Waals surface area contributed by atoms with Gasteiger partial charge in [-0.15, -0.1) is 0 Å². The van der Waals surface area contributed by atoms with Gasteiger partial charge in [-0.05, 0) is 37.1 Å². The van der Waals surface area contributed by atoms with Crippen LogP contribution in [-0.4, -0.2) is 53.4 Å². The SMILES string of the molecule is CS(=O)(=O)NOC1CCCN(c2cc(-c3cnc4ccc(C(F)F)nn34)ccn2)C1. The first-order chi connectivity index (χ1) is 14.3. The Morgan fingerprint density at radius 3 is 2.87 bits per heavy atom. The molecule has 12 heteroatoms. The minimum absolute atomic E-state index is 0.315. The zero-order valence-electron chi connectivity index (χ0n) is 16.1. The summed E-state index contributed by atoms with van der Waals surface area (Å²) in [6, 6.07) is 6.34. The van der Waals surface area contributed by atoms with E-state index in [0.717, 1.165) is 24.8 Å². The number of pyridine rings is 1. The Morgan fingerprint density at radius 1 is 1.27 bits per heavy atom. The second-order valence-corrected chi connectivity index (χ2v) is 8.77. The Balaban J connectivity index is 1.59. The van der Waals surface area contributed by atoms with Crippen molar-refractivity contribution in [2.24, 2.45) is 0 Å². The third-order valence-corrected chi connectivity index (χ3v) is 5.12. The summed E-state index contributed by atoms with van der Waals surface area (Å²) in [5.74, 6) is 0.667. The highest BCUT2D eigenvalue weighted by Crippen LogP contribution is 2.26. The summed E-state index contributed by atoms with van der Waals surface area (Å²) in [5.41, 5.74) is 1.43. The van der Waals surface area contributed by atoms with Crippen LogP contribution < -0.4 is 9.79 Å². The molecule has 1 saturated heterocycles. The minimum atomic E-state index is -3.45. The van der Waals surface area contributed by atoms with Gasteiger partial charge in [-0.2, -0.15) is 5.10 Å². The van der Waals surface area contributed by atoms with Crippen molar-refractivity contribution >= 4 is 21.5 Å². The molecule has 0 bridgehead atoms. The number of imidazole rings is 1. The Kier molecular flexibility index (Phi) is 5.62. The van der Waals surface area contributed by atoms with Crippen LogP contribution in [0, 0.1) is 0 Å². The van der Waals surface area contributed by atoms with Gasteiger partial charge in [0.2, 0.25) is 10.0 Å². The molecule has 0 spiro atoms. The molecule has 1 N–H and O–H groups in total. The highest BCUT2D eigenvalue weighted by atomic mass is 32.2. The largest absolute Gasteiger partial charge is 0.354 e. The molecule has 0 amide bonds. The van der Waals surface area contributed by atoms with E-state index in [2.05, 4.69) is 20.0 Å². The number of aromatic nitrogens is 4. The first-order valence-corrected chi connectivity index (χ1v) is 11.2. The Morgan fingerprint density at radius 2 is 2.10 bits per heavy atom. The lowest BCUT2D eigenvalue weighted by Crippen LogP contribution is -2.43. The molecule has 0 radical (unpaired) electrons. The molecule has 1 fully saturated rings. The van der Waals surface area contributed by atoms with Crippen LogP contribution in [0.1, 0.15) is 25.0 Å². The number of hydrogen-bond acceptors (Lipinski definition) is 7. The molecular weight excluding hydrogens is 418 g/mol. The number of nitrogens with one attached hydrogen (secondary N) is 1. The highest BCUT2D eigenvalue weighted by Gasteiger charge is 2.23. The fraction of sp³-hybridized carbons (Fsp3) is 0.389. The van der Waals surface area contributed by atoms with E-state index in [1.807, 2.05) is 11.0 Å². The first-order valence-electron chi connectivity index (χ1n) is 9.27. The average molecular weight is 438 g/mol. The maximum absolute atomic E-state index is 13.0. The molecule has 4 rings (SSSR count). The third kappa shape index (κ3) is 4.55. The molecule has 3 aromatic rings. The molecule has 1 aliphatic heterocycles. The van der Waals surface area contributed by atoms with Gasteiger partial charge in [0.15, 0.2) is 5.65 Å². The lowest BCUT2D eigenvalue weighted by molar-refractivity contribution is 0.00999. The summed E-state index contributed by atoms with van der Waals surface area (Å²) in [6.45, 7) is 1.19. The van der Waals surface area contributed by atoms with Gasteiger partial charge >= 0.3 is 0 Å². The fourth-order valence-corrected chi connectivity index (χ4v) is 3.66. The van der Waals surface area contributed by atoms with Gasteiger partial charge in [-0.1, -0.05) is 4.89 Å². The van der Waals surface area contributed by atoms with Crippen LogP contribution in [0.25, 0.3) is 16.9 Å². The molecule has 1 atom stereocenters. The van der Waals surface area contributed by atoms with E-state index in [4.69, 9.17) is 4.84 Å². The van der Waals surface area contributed by atoms with Crippen LogP contribution >= 0.6 is 0 Å². The number of alkyl halides is 2. The summed E-state index contributed by atoms with van der Waals surface area (Å²) >= 11 is 0. The number of piperidine rings is 1. The standard InChI is InChI=1S/C18H20F2N6O3S/c1-30(27,28)24-29-13-3-2-8-25(11-13)17-9-12(6-7-21-17)15-10-22-16-5-4-14(18(19)20)23-26(15)16/h4-7,9-10,13,18,24H,2-3,8,11H2,1H3. The van der Waals surface area contributed by atoms with Gasteiger partial charge < -0.3 is 4.90 Å². The predicted octanol–water partition coefficient (Wildman–Crippen LogP) is 2.18. The average Bonchev–Trinajstić information content (AvgIpc) is 3.15. The monoisotopic (exact) mass is 438 g/mol. The normalized spacial score (nSPS) is 17.7. The highest BCUT2D eigenvalue weighted by molar-refractivity contribution is 7.88.